The minimum absolute atomic E-state index is 0.0320. The van der Waals surface area contributed by atoms with E-state index in [1.807, 2.05) is 6.07 Å². The van der Waals surface area contributed by atoms with Gasteiger partial charge in [-0.1, -0.05) is 24.3 Å². The number of hydrogen-bond donors (Lipinski definition) is 0. The van der Waals surface area contributed by atoms with Crippen LogP contribution in [0.3, 0.4) is 0 Å². The fourth-order valence-electron chi connectivity index (χ4n) is 3.54. The molecule has 8 heteroatoms. The van der Waals surface area contributed by atoms with Gasteiger partial charge in [-0.15, -0.1) is 0 Å². The maximum absolute atomic E-state index is 13.0. The molecule has 0 saturated carbocycles. The molecule has 2 nitrogen and oxygen atoms in total. The van der Waals surface area contributed by atoms with Crippen LogP contribution in [0.1, 0.15) is 32.6 Å². The van der Waals surface area contributed by atoms with Gasteiger partial charge in [-0.25, -0.2) is 4.79 Å². The van der Waals surface area contributed by atoms with Gasteiger partial charge in [0, 0.05) is 5.39 Å². The zero-order valence-corrected chi connectivity index (χ0v) is 14.6. The zero-order valence-electron chi connectivity index (χ0n) is 14.6. The first-order valence-corrected chi connectivity index (χ1v) is 8.59. The fourth-order valence-corrected chi connectivity index (χ4v) is 3.54. The topological polar surface area (TPSA) is 26.3 Å². The highest BCUT2D eigenvalue weighted by Gasteiger charge is 2.37. The van der Waals surface area contributed by atoms with Crippen LogP contribution < -0.4 is 4.74 Å². The van der Waals surface area contributed by atoms with E-state index in [0.717, 1.165) is 29.4 Å². The Morgan fingerprint density at radius 1 is 0.793 bits per heavy atom. The molecule has 150 valence electrons. The highest BCUT2D eigenvalue weighted by Crippen LogP contribution is 2.38. The van der Waals surface area contributed by atoms with Crippen molar-refractivity contribution in [3.05, 3.63) is 76.3 Å². The lowest BCUT2D eigenvalue weighted by Crippen LogP contribution is -2.16. The zero-order chi connectivity index (χ0) is 21.0. The van der Waals surface area contributed by atoms with Gasteiger partial charge < -0.3 is 4.74 Å². The van der Waals surface area contributed by atoms with Crippen molar-refractivity contribution in [2.24, 2.45) is 0 Å². The molecule has 1 aliphatic rings. The van der Waals surface area contributed by atoms with Gasteiger partial charge in [0.15, 0.2) is 0 Å². The van der Waals surface area contributed by atoms with Crippen LogP contribution in [0, 0.1) is 0 Å². The summed E-state index contributed by atoms with van der Waals surface area (Å²) in [5.74, 6) is -1.20. The summed E-state index contributed by atoms with van der Waals surface area (Å²) in [7, 11) is 0. The van der Waals surface area contributed by atoms with Crippen LogP contribution >= 0.6 is 0 Å². The maximum Gasteiger partial charge on any atom is 0.416 e. The van der Waals surface area contributed by atoms with Gasteiger partial charge in [0.1, 0.15) is 5.75 Å². The van der Waals surface area contributed by atoms with Gasteiger partial charge in [-0.3, -0.25) is 0 Å². The van der Waals surface area contributed by atoms with Crippen LogP contribution in [0.4, 0.5) is 26.3 Å². The Labute approximate surface area is 160 Å². The minimum atomic E-state index is -5.04. The number of carbonyl (C=O) groups excluding carboxylic acids is 1. The third kappa shape index (κ3) is 3.54. The molecule has 0 aromatic heterocycles. The van der Waals surface area contributed by atoms with Crippen molar-refractivity contribution in [1.29, 1.82) is 0 Å². The molecule has 0 unspecified atom stereocenters. The highest BCUT2D eigenvalue weighted by molar-refractivity contribution is 5.99. The van der Waals surface area contributed by atoms with E-state index in [-0.39, 0.29) is 11.8 Å². The lowest BCUT2D eigenvalue weighted by Gasteiger charge is -2.14. The predicted molar refractivity (Wildman–Crippen MR) is 92.8 cm³/mol. The van der Waals surface area contributed by atoms with Crippen LogP contribution in [-0.4, -0.2) is 5.97 Å². The Balaban J connectivity index is 1.76. The molecule has 1 aliphatic carbocycles. The standard InChI is InChI=1S/C21H12F6O2/c22-20(23,24)14-8-13(9-15(10-14)21(25,26)27)19(28)29-17-7-6-12-5-4-11-2-1-3-16(17)18(11)12/h1-3,6-10H,4-5H2. The SMILES string of the molecule is O=C(Oc1ccc2c3c(cccc13)CC2)c1cc(C(F)(F)F)cc(C(F)(F)F)c1. The smallest absolute Gasteiger partial charge is 0.416 e. The molecule has 0 radical (unpaired) electrons. The highest BCUT2D eigenvalue weighted by atomic mass is 19.4. The molecule has 0 atom stereocenters. The molecule has 4 rings (SSSR count). The molecule has 0 fully saturated rings. The Kier molecular flexibility index (Phi) is 4.33. The summed E-state index contributed by atoms with van der Waals surface area (Å²) >= 11 is 0. The first-order valence-electron chi connectivity index (χ1n) is 8.59. The number of esters is 1. The van der Waals surface area contributed by atoms with Gasteiger partial charge in [0.05, 0.1) is 16.7 Å². The van der Waals surface area contributed by atoms with Crippen molar-refractivity contribution in [1.82, 2.24) is 0 Å². The van der Waals surface area contributed by atoms with E-state index in [1.165, 1.54) is 6.07 Å². The minimum Gasteiger partial charge on any atom is -0.422 e. The number of alkyl halides is 6. The molecular formula is C21H12F6O2. The van der Waals surface area contributed by atoms with Crippen molar-refractivity contribution < 1.29 is 35.9 Å². The molecule has 0 saturated heterocycles. The third-order valence-electron chi connectivity index (χ3n) is 4.86. The lowest BCUT2D eigenvalue weighted by atomic mass is 10.0. The molecule has 0 amide bonds. The first-order chi connectivity index (χ1) is 13.5. The van der Waals surface area contributed by atoms with Crippen LogP contribution in [0.25, 0.3) is 10.8 Å². The number of ether oxygens (including phenoxy) is 1. The molecule has 0 heterocycles. The monoisotopic (exact) mass is 410 g/mol. The van der Waals surface area contributed by atoms with Crippen LogP contribution in [0.2, 0.25) is 0 Å². The first kappa shape index (κ1) is 19.3. The summed E-state index contributed by atoms with van der Waals surface area (Å²) in [5, 5.41) is 1.49. The number of benzene rings is 3. The molecule has 0 spiro atoms. The van der Waals surface area contributed by atoms with E-state index in [9.17, 15) is 31.1 Å². The Morgan fingerprint density at radius 3 is 1.97 bits per heavy atom. The van der Waals surface area contributed by atoms with Gasteiger partial charge >= 0.3 is 18.3 Å². The molecule has 0 bridgehead atoms. The number of carbonyl (C=O) groups is 1. The Morgan fingerprint density at radius 2 is 1.38 bits per heavy atom. The van der Waals surface area contributed by atoms with Crippen LogP contribution in [0.15, 0.2) is 48.5 Å². The van der Waals surface area contributed by atoms with Crippen molar-refractivity contribution in [3.8, 4) is 5.75 Å². The summed E-state index contributed by atoms with van der Waals surface area (Å²) in [6.07, 6.45) is -8.46. The Bertz CT molecular complexity index is 1090. The molecule has 3 aromatic rings. The lowest BCUT2D eigenvalue weighted by molar-refractivity contribution is -0.143. The molecule has 0 aliphatic heterocycles. The number of rotatable bonds is 2. The van der Waals surface area contributed by atoms with Crippen molar-refractivity contribution in [3.63, 3.8) is 0 Å². The van der Waals surface area contributed by atoms with Crippen LogP contribution in [0.5, 0.6) is 5.75 Å². The average Bonchev–Trinajstić information content (AvgIpc) is 3.07. The summed E-state index contributed by atoms with van der Waals surface area (Å²) in [5.41, 5.74) is -1.86. The molecule has 3 aromatic carbocycles. The summed E-state index contributed by atoms with van der Waals surface area (Å²) < 4.78 is 83.3. The third-order valence-corrected chi connectivity index (χ3v) is 4.86. The van der Waals surface area contributed by atoms with Gasteiger partial charge in [0.2, 0.25) is 0 Å². The number of aryl methyl sites for hydroxylation is 2. The predicted octanol–water partition coefficient (Wildman–Crippen LogP) is 6.20. The van der Waals surface area contributed by atoms with E-state index < -0.39 is 35.0 Å². The van der Waals surface area contributed by atoms with E-state index in [4.69, 9.17) is 4.74 Å². The Hall–Kier alpha value is -3.03. The maximum atomic E-state index is 13.0. The van der Waals surface area contributed by atoms with Crippen molar-refractivity contribution in [2.45, 2.75) is 25.2 Å². The summed E-state index contributed by atoms with van der Waals surface area (Å²) in [6, 6.07) is 9.31. The second kappa shape index (κ2) is 6.50. The van der Waals surface area contributed by atoms with Gasteiger partial charge in [0.25, 0.3) is 0 Å². The van der Waals surface area contributed by atoms with Crippen molar-refractivity contribution >= 4 is 16.7 Å². The molecular weight excluding hydrogens is 398 g/mol. The molecule has 29 heavy (non-hydrogen) atoms. The second-order valence-electron chi connectivity index (χ2n) is 6.75. The number of hydrogen-bond acceptors (Lipinski definition) is 2. The number of halogens is 6. The van der Waals surface area contributed by atoms with E-state index in [2.05, 4.69) is 0 Å². The average molecular weight is 410 g/mol. The fraction of sp³-hybridized carbons (Fsp3) is 0.190. The second-order valence-corrected chi connectivity index (χ2v) is 6.75. The summed E-state index contributed by atoms with van der Waals surface area (Å²) in [4.78, 5) is 12.4. The summed E-state index contributed by atoms with van der Waals surface area (Å²) in [6.45, 7) is 0. The largest absolute Gasteiger partial charge is 0.422 e. The quantitative estimate of drug-likeness (QED) is 0.286. The normalized spacial score (nSPS) is 13.7. The van der Waals surface area contributed by atoms with Crippen molar-refractivity contribution in [2.75, 3.05) is 0 Å². The van der Waals surface area contributed by atoms with E-state index >= 15 is 0 Å². The van der Waals surface area contributed by atoms with E-state index in [1.54, 1.807) is 18.2 Å². The van der Waals surface area contributed by atoms with Crippen LogP contribution in [-0.2, 0) is 25.2 Å². The van der Waals surface area contributed by atoms with E-state index in [0.29, 0.717) is 17.5 Å². The van der Waals surface area contributed by atoms with Gasteiger partial charge in [-0.05, 0) is 53.6 Å². The van der Waals surface area contributed by atoms with Gasteiger partial charge in [-0.2, -0.15) is 26.3 Å². The molecule has 0 N–H and O–H groups in total.